The van der Waals surface area contributed by atoms with Crippen molar-refractivity contribution < 1.29 is 28.0 Å². The molecule has 0 bridgehead atoms. The van der Waals surface area contributed by atoms with Crippen LogP contribution < -0.4 is 5.46 Å². The molecule has 10 heteroatoms. The molecule has 0 aromatic carbocycles. The number of ether oxygens (including phenoxy) is 1. The van der Waals surface area contributed by atoms with E-state index in [4.69, 9.17) is 14.0 Å². The van der Waals surface area contributed by atoms with Gasteiger partial charge >= 0.3 is 13.2 Å². The van der Waals surface area contributed by atoms with Crippen LogP contribution in [0.15, 0.2) is 12.3 Å². The van der Waals surface area contributed by atoms with E-state index in [2.05, 4.69) is 18.8 Å². The minimum Gasteiger partial charge on any atom is -0.444 e. The number of amides is 2. The molecule has 8 nitrogen and oxygen atoms in total. The molecule has 0 saturated carbocycles. The van der Waals surface area contributed by atoms with Crippen LogP contribution in [0.25, 0.3) is 0 Å². The second kappa shape index (κ2) is 8.48. The Bertz CT molecular complexity index is 980. The average molecular weight is 475 g/mol. The maximum absolute atomic E-state index is 15.0. The van der Waals surface area contributed by atoms with Gasteiger partial charge in [0.15, 0.2) is 0 Å². The van der Waals surface area contributed by atoms with Crippen LogP contribution in [0.4, 0.5) is 9.18 Å². The number of hydrogen-bond donors (Lipinski definition) is 0. The van der Waals surface area contributed by atoms with Gasteiger partial charge in [0, 0.05) is 43.2 Å². The highest BCUT2D eigenvalue weighted by Gasteiger charge is 2.48. The molecule has 34 heavy (non-hydrogen) atoms. The summed E-state index contributed by atoms with van der Waals surface area (Å²) in [5, 5.41) is 0. The number of rotatable bonds is 2. The van der Waals surface area contributed by atoms with Crippen molar-refractivity contribution in [2.24, 2.45) is 5.41 Å². The topological polar surface area (TPSA) is 81.2 Å². The van der Waals surface area contributed by atoms with Gasteiger partial charge in [-0.3, -0.25) is 9.78 Å². The van der Waals surface area contributed by atoms with Gasteiger partial charge in [0.1, 0.15) is 11.8 Å². The minimum atomic E-state index is -1.35. The van der Waals surface area contributed by atoms with E-state index in [0.717, 1.165) is 0 Å². The fraction of sp³-hybridized carbons (Fsp3) is 0.708. The maximum Gasteiger partial charge on any atom is 0.495 e. The van der Waals surface area contributed by atoms with Crippen LogP contribution in [-0.4, -0.2) is 83.6 Å². The molecule has 3 aliphatic heterocycles. The van der Waals surface area contributed by atoms with Crippen molar-refractivity contribution in [2.45, 2.75) is 78.3 Å². The molecule has 2 amide bonds. The summed E-state index contributed by atoms with van der Waals surface area (Å²) < 4.78 is 32.6. The van der Waals surface area contributed by atoms with Crippen molar-refractivity contribution in [3.8, 4) is 0 Å². The summed E-state index contributed by atoms with van der Waals surface area (Å²) >= 11 is 0. The quantitative estimate of drug-likeness (QED) is 0.612. The highest BCUT2D eigenvalue weighted by molar-refractivity contribution is 6.61. The van der Waals surface area contributed by atoms with Crippen molar-refractivity contribution >= 4 is 24.6 Å². The van der Waals surface area contributed by atoms with Gasteiger partial charge < -0.3 is 23.8 Å². The van der Waals surface area contributed by atoms with E-state index in [-0.39, 0.29) is 24.4 Å². The third-order valence-electron chi connectivity index (χ3n) is 7.24. The van der Waals surface area contributed by atoms with E-state index in [9.17, 15) is 14.0 Å². The smallest absolute Gasteiger partial charge is 0.444 e. The number of carbonyl (C=O) groups excluding carboxylic acids is 2. The van der Waals surface area contributed by atoms with Crippen LogP contribution in [0.3, 0.4) is 0 Å². The number of nitrogens with zero attached hydrogens (tertiary/aromatic N) is 3. The van der Waals surface area contributed by atoms with Gasteiger partial charge in [0.05, 0.1) is 29.4 Å². The molecule has 4 heterocycles. The first-order valence-corrected chi connectivity index (χ1v) is 11.9. The molecule has 1 aromatic rings. The molecule has 0 radical (unpaired) electrons. The monoisotopic (exact) mass is 475 g/mol. The third-order valence-corrected chi connectivity index (χ3v) is 7.24. The Labute approximate surface area is 201 Å². The summed E-state index contributed by atoms with van der Waals surface area (Å²) in [5.41, 5.74) is 0.500. The van der Waals surface area contributed by atoms with Crippen LogP contribution in [0.5, 0.6) is 0 Å². The lowest BCUT2D eigenvalue weighted by Gasteiger charge is -2.47. The van der Waals surface area contributed by atoms with Crippen LogP contribution in [0.2, 0.25) is 0 Å². The highest BCUT2D eigenvalue weighted by atomic mass is 19.1. The molecule has 0 aliphatic carbocycles. The lowest BCUT2D eigenvalue weighted by Crippen LogP contribution is -2.58. The summed E-state index contributed by atoms with van der Waals surface area (Å²) in [6, 6.07) is 1.03. The summed E-state index contributed by atoms with van der Waals surface area (Å²) in [7, 11) is -0.632. The molecule has 4 rings (SSSR count). The molecule has 2 atom stereocenters. The Kier molecular flexibility index (Phi) is 6.21. The van der Waals surface area contributed by atoms with Crippen LogP contribution in [0.1, 0.15) is 64.5 Å². The third kappa shape index (κ3) is 4.67. The SMILES string of the molecule is CC(C)(C)OC(=O)N1C[C@@H](F)[C@@H](N2CCc3ncc(B4OCC(C)(C)C(C)(C)O4)cc3C2=O)C1. The van der Waals surface area contributed by atoms with Gasteiger partial charge in [-0.05, 0) is 40.7 Å². The first-order valence-electron chi connectivity index (χ1n) is 11.9. The van der Waals surface area contributed by atoms with Crippen molar-refractivity contribution in [1.82, 2.24) is 14.8 Å². The molecule has 2 saturated heterocycles. The lowest BCUT2D eigenvalue weighted by atomic mass is 9.69. The molecule has 2 fully saturated rings. The van der Waals surface area contributed by atoms with E-state index in [1.54, 1.807) is 33.0 Å². The molecule has 0 N–H and O–H groups in total. The molecular weight excluding hydrogens is 440 g/mol. The molecule has 0 unspecified atom stereocenters. The van der Waals surface area contributed by atoms with Gasteiger partial charge in [-0.15, -0.1) is 0 Å². The normalized spacial score (nSPS) is 26.5. The van der Waals surface area contributed by atoms with E-state index in [1.165, 1.54) is 9.80 Å². The van der Waals surface area contributed by atoms with Gasteiger partial charge in [-0.25, -0.2) is 9.18 Å². The minimum absolute atomic E-state index is 0.0941. The number of aromatic nitrogens is 1. The van der Waals surface area contributed by atoms with Gasteiger partial charge in [-0.2, -0.15) is 0 Å². The lowest BCUT2D eigenvalue weighted by molar-refractivity contribution is -0.0937. The molecule has 186 valence electrons. The summed E-state index contributed by atoms with van der Waals surface area (Å²) in [6.07, 6.45) is 0.298. The van der Waals surface area contributed by atoms with E-state index in [1.807, 2.05) is 13.8 Å². The maximum atomic E-state index is 15.0. The summed E-state index contributed by atoms with van der Waals surface area (Å²) in [5.74, 6) is -0.287. The zero-order chi connectivity index (χ0) is 25.1. The van der Waals surface area contributed by atoms with Gasteiger partial charge in [-0.1, -0.05) is 13.8 Å². The Morgan fingerprint density at radius 2 is 1.97 bits per heavy atom. The second-order valence-corrected chi connectivity index (χ2v) is 11.6. The van der Waals surface area contributed by atoms with E-state index < -0.39 is 36.6 Å². The van der Waals surface area contributed by atoms with Crippen molar-refractivity contribution in [3.63, 3.8) is 0 Å². The Hall–Kier alpha value is -2.20. The van der Waals surface area contributed by atoms with Crippen LogP contribution >= 0.6 is 0 Å². The van der Waals surface area contributed by atoms with Crippen LogP contribution in [0, 0.1) is 5.41 Å². The molecule has 0 spiro atoms. The Balaban J connectivity index is 1.51. The second-order valence-electron chi connectivity index (χ2n) is 11.6. The van der Waals surface area contributed by atoms with Gasteiger partial charge in [0.25, 0.3) is 5.91 Å². The Morgan fingerprint density at radius 3 is 2.62 bits per heavy atom. The number of halogens is 1. The zero-order valence-corrected chi connectivity index (χ0v) is 21.2. The van der Waals surface area contributed by atoms with E-state index >= 15 is 0 Å². The fourth-order valence-electron chi connectivity index (χ4n) is 4.42. The number of carbonyl (C=O) groups is 2. The number of pyridine rings is 1. The summed E-state index contributed by atoms with van der Waals surface area (Å²) in [6.45, 7) is 14.4. The number of alkyl halides is 1. The van der Waals surface area contributed by atoms with Gasteiger partial charge in [0.2, 0.25) is 0 Å². The number of fused-ring (bicyclic) bond motifs is 1. The predicted octanol–water partition coefficient (Wildman–Crippen LogP) is 2.58. The zero-order valence-electron chi connectivity index (χ0n) is 21.2. The summed E-state index contributed by atoms with van der Waals surface area (Å²) in [4.78, 5) is 33.2. The molecular formula is C24H35BFN3O5. The first-order chi connectivity index (χ1) is 15.7. The van der Waals surface area contributed by atoms with Crippen molar-refractivity contribution in [1.29, 1.82) is 0 Å². The van der Waals surface area contributed by atoms with Crippen molar-refractivity contribution in [2.75, 3.05) is 26.2 Å². The average Bonchev–Trinajstić information content (AvgIpc) is 3.11. The van der Waals surface area contributed by atoms with Crippen molar-refractivity contribution in [3.05, 3.63) is 23.5 Å². The Morgan fingerprint density at radius 1 is 1.26 bits per heavy atom. The van der Waals surface area contributed by atoms with E-state index in [0.29, 0.717) is 36.3 Å². The predicted molar refractivity (Wildman–Crippen MR) is 126 cm³/mol. The molecule has 3 aliphatic rings. The fourth-order valence-corrected chi connectivity index (χ4v) is 4.42. The largest absolute Gasteiger partial charge is 0.495 e. The number of likely N-dealkylation sites (tertiary alicyclic amines) is 1. The number of hydrogen-bond acceptors (Lipinski definition) is 6. The standard InChI is InChI=1S/C24H35BFN3O5/c1-22(2,3)33-21(31)28-12-17(26)19(13-28)29-9-8-18-16(20(29)30)10-15(11-27-18)25-32-14-23(4,5)24(6,7)34-25/h10-11,17,19H,8-9,12-14H2,1-7H3/t17-,19+/m1/s1. The van der Waals surface area contributed by atoms with Crippen LogP contribution in [-0.2, 0) is 20.5 Å². The highest BCUT2D eigenvalue weighted by Crippen LogP contribution is 2.38. The first kappa shape index (κ1) is 24.9. The molecule has 1 aromatic heterocycles.